The van der Waals surface area contributed by atoms with Crippen LogP contribution in [0.4, 0.5) is 5.69 Å². The van der Waals surface area contributed by atoms with Crippen molar-refractivity contribution >= 4 is 28.3 Å². The second kappa shape index (κ2) is 7.64. The Labute approximate surface area is 161 Å². The quantitative estimate of drug-likeness (QED) is 0.558. The minimum atomic E-state index is -0.444. The van der Waals surface area contributed by atoms with Crippen LogP contribution in [0.3, 0.4) is 0 Å². The minimum absolute atomic E-state index is 0.168. The first kappa shape index (κ1) is 17.9. The maximum absolute atomic E-state index is 13.0. The van der Waals surface area contributed by atoms with Crippen LogP contribution < -0.4 is 11.0 Å². The molecule has 1 aliphatic rings. The highest BCUT2D eigenvalue weighted by Crippen LogP contribution is 2.18. The Balaban J connectivity index is 1.76. The molecular formula is C21H20N4O3. The van der Waals surface area contributed by atoms with E-state index < -0.39 is 5.97 Å². The number of rotatable bonds is 4. The fourth-order valence-electron chi connectivity index (χ4n) is 3.26. The molecule has 1 aromatic heterocycles. The smallest absolute Gasteiger partial charge is 0.338 e. The number of nitrogens with zero attached hydrogens (tertiary/aromatic N) is 3. The Morgan fingerprint density at radius 3 is 2.86 bits per heavy atom. The van der Waals surface area contributed by atoms with Gasteiger partial charge in [-0.25, -0.2) is 9.78 Å². The van der Waals surface area contributed by atoms with Gasteiger partial charge in [-0.2, -0.15) is 5.10 Å². The summed E-state index contributed by atoms with van der Waals surface area (Å²) in [6.45, 7) is 2.60. The molecule has 0 aliphatic carbocycles. The zero-order valence-electron chi connectivity index (χ0n) is 15.5. The number of hydrogen-bond acceptors (Lipinski definition) is 6. The molecule has 2 heterocycles. The van der Waals surface area contributed by atoms with Crippen LogP contribution in [0, 0.1) is 0 Å². The summed E-state index contributed by atoms with van der Waals surface area (Å²) in [5.41, 5.74) is 5.36. The molecule has 0 saturated heterocycles. The van der Waals surface area contributed by atoms with E-state index in [4.69, 9.17) is 4.74 Å². The Hall–Kier alpha value is -3.48. The summed E-state index contributed by atoms with van der Waals surface area (Å²) in [6.07, 6.45) is 1.53. The molecule has 0 bridgehead atoms. The number of benzene rings is 2. The molecule has 1 aliphatic heterocycles. The second-order valence-electron chi connectivity index (χ2n) is 6.48. The molecule has 0 unspecified atom stereocenters. The molecule has 28 heavy (non-hydrogen) atoms. The van der Waals surface area contributed by atoms with Crippen LogP contribution in [0.25, 0.3) is 10.9 Å². The maximum atomic E-state index is 13.0. The van der Waals surface area contributed by atoms with Crippen LogP contribution >= 0.6 is 0 Å². The molecule has 142 valence electrons. The zero-order chi connectivity index (χ0) is 19.5. The number of nitrogens with one attached hydrogen (secondary N) is 1. The highest BCUT2D eigenvalue weighted by atomic mass is 16.5. The summed E-state index contributed by atoms with van der Waals surface area (Å²) >= 11 is 0. The van der Waals surface area contributed by atoms with Gasteiger partial charge >= 0.3 is 5.97 Å². The average molecular weight is 376 g/mol. The van der Waals surface area contributed by atoms with Crippen molar-refractivity contribution in [2.24, 2.45) is 5.10 Å². The predicted molar refractivity (Wildman–Crippen MR) is 108 cm³/mol. The third-order valence-electron chi connectivity index (χ3n) is 4.61. The number of ether oxygens (including phenoxy) is 1. The molecule has 3 aromatic rings. The number of fused-ring (bicyclic) bond motifs is 2. The molecule has 2 aromatic carbocycles. The number of hydrazone groups is 1. The summed E-state index contributed by atoms with van der Waals surface area (Å²) in [7, 11) is 0. The van der Waals surface area contributed by atoms with E-state index in [1.165, 1.54) is 0 Å². The van der Waals surface area contributed by atoms with E-state index in [1.807, 2.05) is 30.3 Å². The largest absolute Gasteiger partial charge is 0.462 e. The first-order valence-electron chi connectivity index (χ1n) is 9.27. The van der Waals surface area contributed by atoms with Gasteiger partial charge in [-0.1, -0.05) is 18.2 Å². The lowest BCUT2D eigenvalue weighted by molar-refractivity contribution is 0.0526. The number of carbonyl (C=O) groups excluding carboxylic acids is 1. The lowest BCUT2D eigenvalue weighted by atomic mass is 10.1. The lowest BCUT2D eigenvalue weighted by Gasteiger charge is -2.20. The summed E-state index contributed by atoms with van der Waals surface area (Å²) in [5.74, 6) is 0.122. The predicted octanol–water partition coefficient (Wildman–Crippen LogP) is 3.18. The molecule has 0 spiro atoms. The summed E-state index contributed by atoms with van der Waals surface area (Å²) in [4.78, 5) is 29.7. The molecule has 0 amide bonds. The third-order valence-corrected chi connectivity index (χ3v) is 4.61. The highest BCUT2D eigenvalue weighted by molar-refractivity contribution is 6.00. The Morgan fingerprint density at radius 2 is 2.07 bits per heavy atom. The normalized spacial score (nSPS) is 14.7. The van der Waals surface area contributed by atoms with Crippen LogP contribution in [0.5, 0.6) is 0 Å². The van der Waals surface area contributed by atoms with Crippen molar-refractivity contribution < 1.29 is 9.53 Å². The monoisotopic (exact) mass is 376 g/mol. The van der Waals surface area contributed by atoms with Crippen LogP contribution in [0.15, 0.2) is 58.4 Å². The van der Waals surface area contributed by atoms with Gasteiger partial charge < -0.3 is 4.74 Å². The van der Waals surface area contributed by atoms with Gasteiger partial charge in [-0.05, 0) is 50.1 Å². The molecule has 1 N–H and O–H groups in total. The standard InChI is InChI=1S/C21H20N4O3/c1-2-28-21(27)14-10-11-17-16(13-14)20(26)25-12-6-9-18(19(25)22-17)24-23-15-7-4-3-5-8-15/h3-5,7-8,10-11,13,23H,2,6,9,12H2,1H3/b24-18+. The van der Waals surface area contributed by atoms with Gasteiger partial charge in [0.2, 0.25) is 0 Å². The number of aromatic nitrogens is 2. The molecule has 7 nitrogen and oxygen atoms in total. The summed E-state index contributed by atoms with van der Waals surface area (Å²) < 4.78 is 6.66. The lowest BCUT2D eigenvalue weighted by Crippen LogP contribution is -2.32. The first-order chi connectivity index (χ1) is 13.7. The van der Waals surface area contributed by atoms with Crippen LogP contribution in [-0.4, -0.2) is 27.8 Å². The van der Waals surface area contributed by atoms with Gasteiger partial charge in [0.1, 0.15) is 5.71 Å². The Bertz CT molecular complexity index is 1120. The Morgan fingerprint density at radius 1 is 1.25 bits per heavy atom. The van der Waals surface area contributed by atoms with E-state index in [0.717, 1.165) is 24.2 Å². The number of para-hydroxylation sites is 1. The zero-order valence-corrected chi connectivity index (χ0v) is 15.5. The van der Waals surface area contributed by atoms with Gasteiger partial charge in [0.25, 0.3) is 5.56 Å². The molecule has 0 radical (unpaired) electrons. The van der Waals surface area contributed by atoms with Crippen LogP contribution in [0.1, 0.15) is 35.9 Å². The van der Waals surface area contributed by atoms with Gasteiger partial charge in [-0.3, -0.25) is 14.8 Å². The molecule has 7 heteroatoms. The fourth-order valence-corrected chi connectivity index (χ4v) is 3.26. The number of hydrogen-bond donors (Lipinski definition) is 1. The van der Waals surface area contributed by atoms with Gasteiger partial charge in [0.05, 0.1) is 28.8 Å². The number of carbonyl (C=O) groups is 1. The average Bonchev–Trinajstić information content (AvgIpc) is 2.73. The van der Waals surface area contributed by atoms with Crippen LogP contribution in [-0.2, 0) is 11.3 Å². The SMILES string of the molecule is CCOC(=O)c1ccc2nc3n(c(=O)c2c1)CCC/C3=N\Nc1ccccc1. The molecule has 0 atom stereocenters. The Kier molecular flexibility index (Phi) is 4.89. The third kappa shape index (κ3) is 3.38. The van der Waals surface area contributed by atoms with Crippen molar-refractivity contribution in [1.29, 1.82) is 0 Å². The fraction of sp³-hybridized carbons (Fsp3) is 0.238. The maximum Gasteiger partial charge on any atom is 0.338 e. The van der Waals surface area contributed by atoms with E-state index in [1.54, 1.807) is 29.7 Å². The first-order valence-corrected chi connectivity index (χ1v) is 9.27. The van der Waals surface area contributed by atoms with Crippen molar-refractivity contribution in [2.75, 3.05) is 12.0 Å². The van der Waals surface area contributed by atoms with Crippen molar-refractivity contribution in [3.05, 3.63) is 70.3 Å². The van der Waals surface area contributed by atoms with Gasteiger partial charge in [0, 0.05) is 6.54 Å². The number of anilines is 1. The van der Waals surface area contributed by atoms with Crippen molar-refractivity contribution in [3.8, 4) is 0 Å². The van der Waals surface area contributed by atoms with E-state index in [9.17, 15) is 9.59 Å². The van der Waals surface area contributed by atoms with E-state index >= 15 is 0 Å². The van der Waals surface area contributed by atoms with E-state index in [2.05, 4.69) is 15.5 Å². The van der Waals surface area contributed by atoms with Gasteiger partial charge in [-0.15, -0.1) is 0 Å². The molecular weight excluding hydrogens is 356 g/mol. The van der Waals surface area contributed by atoms with Crippen molar-refractivity contribution in [3.63, 3.8) is 0 Å². The van der Waals surface area contributed by atoms with Crippen molar-refractivity contribution in [1.82, 2.24) is 9.55 Å². The topological polar surface area (TPSA) is 85.6 Å². The molecule has 4 rings (SSSR count). The molecule has 0 saturated carbocycles. The van der Waals surface area contributed by atoms with E-state index in [0.29, 0.717) is 28.8 Å². The second-order valence-corrected chi connectivity index (χ2v) is 6.48. The number of esters is 1. The highest BCUT2D eigenvalue weighted by Gasteiger charge is 2.21. The molecule has 0 fully saturated rings. The van der Waals surface area contributed by atoms with E-state index in [-0.39, 0.29) is 12.2 Å². The summed E-state index contributed by atoms with van der Waals surface area (Å²) in [6, 6.07) is 14.5. The summed E-state index contributed by atoms with van der Waals surface area (Å²) in [5, 5.41) is 4.89. The van der Waals surface area contributed by atoms with Crippen LogP contribution in [0.2, 0.25) is 0 Å². The van der Waals surface area contributed by atoms with Gasteiger partial charge in [0.15, 0.2) is 5.82 Å². The minimum Gasteiger partial charge on any atom is -0.462 e. The van der Waals surface area contributed by atoms with Crippen molar-refractivity contribution in [2.45, 2.75) is 26.3 Å².